The largest absolute Gasteiger partial charge is 0.381 e. The Labute approximate surface area is 121 Å². The number of ether oxygens (including phenoxy) is 2. The van der Waals surface area contributed by atoms with Gasteiger partial charge in [0.1, 0.15) is 0 Å². The van der Waals surface area contributed by atoms with Gasteiger partial charge in [-0.1, -0.05) is 46.3 Å². The lowest BCUT2D eigenvalue weighted by Gasteiger charge is -2.35. The second kappa shape index (κ2) is 6.36. The summed E-state index contributed by atoms with van der Waals surface area (Å²) in [7, 11) is 0. The van der Waals surface area contributed by atoms with Crippen molar-refractivity contribution in [1.29, 1.82) is 0 Å². The van der Waals surface area contributed by atoms with Gasteiger partial charge in [0.15, 0.2) is 0 Å². The van der Waals surface area contributed by atoms with E-state index in [1.54, 1.807) is 0 Å². The molecule has 0 radical (unpaired) electrons. The van der Waals surface area contributed by atoms with E-state index in [2.05, 4.69) is 22.6 Å². The summed E-state index contributed by atoms with van der Waals surface area (Å²) in [5, 5.41) is 0.765. The van der Waals surface area contributed by atoms with Crippen LogP contribution < -0.4 is 0 Å². The number of hydrogen-bond acceptors (Lipinski definition) is 2. The van der Waals surface area contributed by atoms with Gasteiger partial charge in [-0.25, -0.2) is 0 Å². The van der Waals surface area contributed by atoms with Gasteiger partial charge in [0.2, 0.25) is 0 Å². The maximum atomic E-state index is 6.11. The Morgan fingerprint density at radius 3 is 2.76 bits per heavy atom. The van der Waals surface area contributed by atoms with Crippen LogP contribution in [0, 0.1) is 0 Å². The fourth-order valence-corrected chi connectivity index (χ4v) is 3.12. The second-order valence-electron chi connectivity index (χ2n) is 4.35. The van der Waals surface area contributed by atoms with Gasteiger partial charge < -0.3 is 9.47 Å². The van der Waals surface area contributed by atoms with Crippen molar-refractivity contribution >= 4 is 34.2 Å². The summed E-state index contributed by atoms with van der Waals surface area (Å²) in [6, 6.07) is 7.85. The van der Waals surface area contributed by atoms with Crippen LogP contribution in [0.2, 0.25) is 5.02 Å². The normalized spacial score (nSPS) is 19.2. The third-order valence-corrected chi connectivity index (χ3v) is 4.71. The van der Waals surface area contributed by atoms with Crippen molar-refractivity contribution in [1.82, 2.24) is 0 Å². The van der Waals surface area contributed by atoms with Crippen LogP contribution in [0.15, 0.2) is 24.3 Å². The molecule has 0 aromatic heterocycles. The Morgan fingerprint density at radius 1 is 1.35 bits per heavy atom. The maximum absolute atomic E-state index is 6.11. The van der Waals surface area contributed by atoms with Gasteiger partial charge in [-0.2, -0.15) is 0 Å². The van der Waals surface area contributed by atoms with Gasteiger partial charge in [-0.3, -0.25) is 0 Å². The van der Waals surface area contributed by atoms with Crippen molar-refractivity contribution in [2.45, 2.75) is 25.0 Å². The van der Waals surface area contributed by atoms with Gasteiger partial charge in [-0.05, 0) is 17.7 Å². The number of benzene rings is 1. The zero-order valence-corrected chi connectivity index (χ0v) is 12.5. The van der Waals surface area contributed by atoms with Crippen LogP contribution in [0.5, 0.6) is 0 Å². The highest BCUT2D eigenvalue weighted by Crippen LogP contribution is 2.28. The molecule has 2 rings (SSSR count). The molecule has 0 amide bonds. The van der Waals surface area contributed by atoms with Crippen LogP contribution in [0.25, 0.3) is 0 Å². The van der Waals surface area contributed by atoms with E-state index >= 15 is 0 Å². The highest BCUT2D eigenvalue weighted by Gasteiger charge is 2.32. The Kier molecular flexibility index (Phi) is 5.09. The van der Waals surface area contributed by atoms with Crippen molar-refractivity contribution in [3.8, 4) is 0 Å². The van der Waals surface area contributed by atoms with Gasteiger partial charge in [0, 0.05) is 35.5 Å². The van der Waals surface area contributed by atoms with E-state index in [1.165, 1.54) is 0 Å². The summed E-state index contributed by atoms with van der Waals surface area (Å²) in [5.41, 5.74) is 1.12. The Balaban J connectivity index is 1.95. The Bertz CT molecular complexity index is 364. The van der Waals surface area contributed by atoms with E-state index in [4.69, 9.17) is 21.1 Å². The van der Waals surface area contributed by atoms with Gasteiger partial charge in [0.05, 0.1) is 12.2 Å². The lowest BCUT2D eigenvalue weighted by atomic mass is 9.96. The molecule has 0 bridgehead atoms. The molecule has 4 heteroatoms. The molecule has 1 heterocycles. The van der Waals surface area contributed by atoms with Gasteiger partial charge in [0.25, 0.3) is 0 Å². The molecule has 1 saturated heterocycles. The summed E-state index contributed by atoms with van der Waals surface area (Å²) in [6.07, 6.45) is 1.97. The predicted octanol–water partition coefficient (Wildman–Crippen LogP) is 3.84. The molecule has 1 fully saturated rings. The standard InChI is InChI=1S/C13H16ClIO2/c14-12-3-1-2-11(8-12)9-17-13(10-15)4-6-16-7-5-13/h1-3,8H,4-7,9-10H2. The average molecular weight is 367 g/mol. The Morgan fingerprint density at radius 2 is 2.12 bits per heavy atom. The summed E-state index contributed by atoms with van der Waals surface area (Å²) in [5.74, 6) is 0. The molecule has 2 nitrogen and oxygen atoms in total. The first-order valence-electron chi connectivity index (χ1n) is 5.76. The minimum absolute atomic E-state index is 0.0128. The minimum atomic E-state index is -0.0128. The third kappa shape index (κ3) is 3.81. The van der Waals surface area contributed by atoms with Crippen LogP contribution in [0.3, 0.4) is 0 Å². The first-order valence-corrected chi connectivity index (χ1v) is 7.67. The average Bonchev–Trinajstić information content (AvgIpc) is 2.38. The maximum Gasteiger partial charge on any atom is 0.0819 e. The molecule has 0 spiro atoms. The first-order chi connectivity index (χ1) is 8.24. The van der Waals surface area contributed by atoms with E-state index < -0.39 is 0 Å². The Hall–Kier alpha value is 0.160. The molecule has 1 aliphatic heterocycles. The van der Waals surface area contributed by atoms with Crippen molar-refractivity contribution < 1.29 is 9.47 Å². The molecule has 17 heavy (non-hydrogen) atoms. The molecule has 1 aromatic carbocycles. The fraction of sp³-hybridized carbons (Fsp3) is 0.538. The van der Waals surface area contributed by atoms with Crippen LogP contribution in [-0.2, 0) is 16.1 Å². The van der Waals surface area contributed by atoms with E-state index in [1.807, 2.05) is 24.3 Å². The molecular formula is C13H16ClIO2. The zero-order valence-electron chi connectivity index (χ0n) is 9.62. The van der Waals surface area contributed by atoms with Crippen LogP contribution >= 0.6 is 34.2 Å². The second-order valence-corrected chi connectivity index (χ2v) is 5.55. The van der Waals surface area contributed by atoms with Crippen molar-refractivity contribution in [2.24, 2.45) is 0 Å². The monoisotopic (exact) mass is 366 g/mol. The summed E-state index contributed by atoms with van der Waals surface area (Å²) in [4.78, 5) is 0. The SMILES string of the molecule is Clc1cccc(COC2(CI)CCOCC2)c1. The van der Waals surface area contributed by atoms with E-state index in [9.17, 15) is 0 Å². The number of halogens is 2. The lowest BCUT2D eigenvalue weighted by molar-refractivity contribution is -0.102. The van der Waals surface area contributed by atoms with E-state index in [0.29, 0.717) is 6.61 Å². The van der Waals surface area contributed by atoms with Crippen molar-refractivity contribution in [2.75, 3.05) is 17.6 Å². The van der Waals surface area contributed by atoms with Crippen LogP contribution in [0.4, 0.5) is 0 Å². The summed E-state index contributed by atoms with van der Waals surface area (Å²) >= 11 is 8.36. The molecule has 1 aromatic rings. The molecule has 0 N–H and O–H groups in total. The predicted molar refractivity (Wildman–Crippen MR) is 77.9 cm³/mol. The number of hydrogen-bond donors (Lipinski definition) is 0. The molecule has 0 atom stereocenters. The fourth-order valence-electron chi connectivity index (χ4n) is 1.92. The lowest BCUT2D eigenvalue weighted by Crippen LogP contribution is -2.40. The molecule has 0 unspecified atom stereocenters. The highest BCUT2D eigenvalue weighted by atomic mass is 127. The third-order valence-electron chi connectivity index (χ3n) is 3.08. The van der Waals surface area contributed by atoms with Crippen molar-refractivity contribution in [3.63, 3.8) is 0 Å². The number of alkyl halides is 1. The quantitative estimate of drug-likeness (QED) is 0.595. The van der Waals surface area contributed by atoms with Gasteiger partial charge >= 0.3 is 0 Å². The first kappa shape index (κ1) is 13.6. The highest BCUT2D eigenvalue weighted by molar-refractivity contribution is 14.1. The van der Waals surface area contributed by atoms with Gasteiger partial charge in [-0.15, -0.1) is 0 Å². The summed E-state index contributed by atoms with van der Waals surface area (Å²) < 4.78 is 12.5. The van der Waals surface area contributed by atoms with E-state index in [0.717, 1.165) is 41.1 Å². The smallest absolute Gasteiger partial charge is 0.0819 e. The number of rotatable bonds is 4. The van der Waals surface area contributed by atoms with Crippen LogP contribution in [0.1, 0.15) is 18.4 Å². The molecular weight excluding hydrogens is 350 g/mol. The zero-order chi connectivity index (χ0) is 12.1. The van der Waals surface area contributed by atoms with Crippen molar-refractivity contribution in [3.05, 3.63) is 34.9 Å². The summed E-state index contributed by atoms with van der Waals surface area (Å²) in [6.45, 7) is 2.24. The van der Waals surface area contributed by atoms with E-state index in [-0.39, 0.29) is 5.60 Å². The topological polar surface area (TPSA) is 18.5 Å². The molecule has 0 saturated carbocycles. The van der Waals surface area contributed by atoms with Crippen LogP contribution in [-0.4, -0.2) is 23.2 Å². The minimum Gasteiger partial charge on any atom is -0.381 e. The molecule has 0 aliphatic carbocycles. The molecule has 94 valence electrons. The molecule has 1 aliphatic rings.